The Balaban J connectivity index is 2.06. The van der Waals surface area contributed by atoms with E-state index in [0.29, 0.717) is 23.0 Å². The predicted octanol–water partition coefficient (Wildman–Crippen LogP) is 4.69. The van der Waals surface area contributed by atoms with E-state index in [9.17, 15) is 9.59 Å². The molecule has 2 unspecified atom stereocenters. The largest absolute Gasteiger partial charge is 0.462 e. The Bertz CT molecular complexity index is 817. The number of ether oxygens (including phenoxy) is 1. The summed E-state index contributed by atoms with van der Waals surface area (Å²) in [5.41, 5.74) is 1.92. The highest BCUT2D eigenvalue weighted by molar-refractivity contribution is 9.10. The van der Waals surface area contributed by atoms with E-state index in [1.165, 1.54) is 11.8 Å². The highest BCUT2D eigenvalue weighted by atomic mass is 79.9. The van der Waals surface area contributed by atoms with Gasteiger partial charge in [0.1, 0.15) is 0 Å². The molecule has 0 bridgehead atoms. The van der Waals surface area contributed by atoms with Gasteiger partial charge in [-0.25, -0.2) is 9.79 Å². The summed E-state index contributed by atoms with van der Waals surface area (Å²) >= 11 is 4.91. The number of benzene rings is 1. The van der Waals surface area contributed by atoms with Crippen molar-refractivity contribution >= 4 is 44.7 Å². The zero-order valence-corrected chi connectivity index (χ0v) is 18.3. The van der Waals surface area contributed by atoms with Gasteiger partial charge in [-0.2, -0.15) is 0 Å². The Kier molecular flexibility index (Phi) is 6.11. The normalized spacial score (nSPS) is 22.2. The number of amides is 1. The van der Waals surface area contributed by atoms with Gasteiger partial charge in [0.05, 0.1) is 29.2 Å². The lowest BCUT2D eigenvalue weighted by Gasteiger charge is -2.33. The van der Waals surface area contributed by atoms with Gasteiger partial charge in [0.2, 0.25) is 5.91 Å². The monoisotopic (exact) mass is 450 g/mol. The van der Waals surface area contributed by atoms with Crippen LogP contribution in [0, 0.1) is 5.92 Å². The standard InChI is InChI=1S/C20H23BrN2O3S/c1-5-15-18(24)23-17(13-6-8-14(21)9-7-13)16(12(4)22-20(23)27-15)19(25)26-10-11(2)3/h6-9,11,15,17H,5,10H2,1-4H3. The predicted molar refractivity (Wildman–Crippen MR) is 111 cm³/mol. The average Bonchev–Trinajstić information content (AvgIpc) is 2.94. The second-order valence-corrected chi connectivity index (χ2v) is 9.15. The van der Waals surface area contributed by atoms with Gasteiger partial charge in [0.15, 0.2) is 5.17 Å². The second-order valence-electron chi connectivity index (χ2n) is 7.06. The van der Waals surface area contributed by atoms with E-state index in [0.717, 1.165) is 16.5 Å². The Hall–Kier alpha value is -1.60. The van der Waals surface area contributed by atoms with Crippen LogP contribution in [0.15, 0.2) is 45.0 Å². The third kappa shape index (κ3) is 3.99. The molecule has 7 heteroatoms. The number of amidine groups is 1. The van der Waals surface area contributed by atoms with Crippen LogP contribution in [0.4, 0.5) is 0 Å². The molecule has 0 saturated carbocycles. The van der Waals surface area contributed by atoms with Gasteiger partial charge in [-0.1, -0.05) is 60.6 Å². The molecule has 2 aliphatic heterocycles. The third-order valence-corrected chi connectivity index (χ3v) is 6.32. The van der Waals surface area contributed by atoms with Gasteiger partial charge in [0.25, 0.3) is 0 Å². The van der Waals surface area contributed by atoms with E-state index in [1.54, 1.807) is 4.90 Å². The van der Waals surface area contributed by atoms with Crippen LogP contribution in [0.3, 0.4) is 0 Å². The van der Waals surface area contributed by atoms with Crippen LogP contribution >= 0.6 is 27.7 Å². The van der Waals surface area contributed by atoms with Gasteiger partial charge in [-0.15, -0.1) is 0 Å². The highest BCUT2D eigenvalue weighted by Gasteiger charge is 2.47. The number of nitrogens with zero attached hydrogens (tertiary/aromatic N) is 2. The van der Waals surface area contributed by atoms with Crippen molar-refractivity contribution in [1.82, 2.24) is 4.90 Å². The van der Waals surface area contributed by atoms with Crippen molar-refractivity contribution in [1.29, 1.82) is 0 Å². The number of allylic oxidation sites excluding steroid dienone is 1. The van der Waals surface area contributed by atoms with Crippen molar-refractivity contribution in [2.24, 2.45) is 10.9 Å². The molecule has 0 aliphatic carbocycles. The van der Waals surface area contributed by atoms with E-state index >= 15 is 0 Å². The molecule has 2 atom stereocenters. The summed E-state index contributed by atoms with van der Waals surface area (Å²) in [6.45, 7) is 8.11. The summed E-state index contributed by atoms with van der Waals surface area (Å²) in [5.74, 6) is -0.178. The Morgan fingerprint density at radius 3 is 2.59 bits per heavy atom. The van der Waals surface area contributed by atoms with E-state index < -0.39 is 12.0 Å². The zero-order chi connectivity index (χ0) is 19.7. The maximum atomic E-state index is 13.0. The summed E-state index contributed by atoms with van der Waals surface area (Å²) in [7, 11) is 0. The lowest BCUT2D eigenvalue weighted by molar-refractivity contribution is -0.141. The van der Waals surface area contributed by atoms with E-state index in [1.807, 2.05) is 52.0 Å². The molecule has 0 aromatic heterocycles. The number of aliphatic imine (C=N–C) groups is 1. The number of esters is 1. The minimum Gasteiger partial charge on any atom is -0.462 e. The van der Waals surface area contributed by atoms with Crippen molar-refractivity contribution in [2.75, 3.05) is 6.61 Å². The molecule has 0 N–H and O–H groups in total. The van der Waals surface area contributed by atoms with E-state index in [4.69, 9.17) is 4.74 Å². The lowest BCUT2D eigenvalue weighted by Crippen LogP contribution is -2.40. The first-order valence-corrected chi connectivity index (χ1v) is 10.7. The van der Waals surface area contributed by atoms with Crippen molar-refractivity contribution in [2.45, 2.75) is 45.4 Å². The molecule has 3 rings (SSSR count). The van der Waals surface area contributed by atoms with Crippen LogP contribution in [0.2, 0.25) is 0 Å². The number of fused-ring (bicyclic) bond motifs is 1. The Labute approximate surface area is 172 Å². The van der Waals surface area contributed by atoms with Crippen LogP contribution < -0.4 is 0 Å². The maximum Gasteiger partial charge on any atom is 0.338 e. The highest BCUT2D eigenvalue weighted by Crippen LogP contribution is 2.44. The number of carbonyl (C=O) groups excluding carboxylic acids is 2. The summed E-state index contributed by atoms with van der Waals surface area (Å²) in [5, 5.41) is 0.498. The van der Waals surface area contributed by atoms with Crippen LogP contribution in [0.5, 0.6) is 0 Å². The molecule has 1 saturated heterocycles. The summed E-state index contributed by atoms with van der Waals surface area (Å²) in [6, 6.07) is 7.17. The van der Waals surface area contributed by atoms with Crippen LogP contribution in [-0.2, 0) is 14.3 Å². The van der Waals surface area contributed by atoms with Crippen molar-refractivity contribution in [3.8, 4) is 0 Å². The number of hydrogen-bond acceptors (Lipinski definition) is 5. The molecular formula is C20H23BrN2O3S. The Morgan fingerprint density at radius 2 is 2.00 bits per heavy atom. The number of halogens is 1. The smallest absolute Gasteiger partial charge is 0.338 e. The molecule has 1 amide bonds. The van der Waals surface area contributed by atoms with Crippen molar-refractivity contribution in [3.05, 3.63) is 45.6 Å². The topological polar surface area (TPSA) is 59.0 Å². The van der Waals surface area contributed by atoms with Crippen molar-refractivity contribution in [3.63, 3.8) is 0 Å². The minimum absolute atomic E-state index is 0.00386. The first-order chi connectivity index (χ1) is 12.8. The molecular weight excluding hydrogens is 428 g/mol. The molecule has 0 radical (unpaired) electrons. The fourth-order valence-electron chi connectivity index (χ4n) is 3.13. The van der Waals surface area contributed by atoms with Gasteiger partial charge < -0.3 is 4.74 Å². The minimum atomic E-state index is -0.512. The van der Waals surface area contributed by atoms with E-state index in [2.05, 4.69) is 20.9 Å². The molecule has 1 fully saturated rings. The lowest BCUT2D eigenvalue weighted by atomic mass is 9.94. The van der Waals surface area contributed by atoms with Gasteiger partial charge >= 0.3 is 5.97 Å². The molecule has 144 valence electrons. The van der Waals surface area contributed by atoms with Gasteiger partial charge in [-0.05, 0) is 37.0 Å². The first-order valence-electron chi connectivity index (χ1n) is 9.05. The molecule has 5 nitrogen and oxygen atoms in total. The zero-order valence-electron chi connectivity index (χ0n) is 15.9. The average molecular weight is 451 g/mol. The summed E-state index contributed by atoms with van der Waals surface area (Å²) < 4.78 is 6.44. The molecule has 2 aliphatic rings. The number of hydrogen-bond donors (Lipinski definition) is 0. The van der Waals surface area contributed by atoms with E-state index in [-0.39, 0.29) is 17.1 Å². The number of thioether (sulfide) groups is 1. The van der Waals surface area contributed by atoms with Crippen LogP contribution in [0.25, 0.3) is 0 Å². The summed E-state index contributed by atoms with van der Waals surface area (Å²) in [6.07, 6.45) is 0.720. The Morgan fingerprint density at radius 1 is 1.33 bits per heavy atom. The third-order valence-electron chi connectivity index (χ3n) is 4.48. The van der Waals surface area contributed by atoms with Crippen molar-refractivity contribution < 1.29 is 14.3 Å². The second kappa shape index (κ2) is 8.19. The number of rotatable bonds is 5. The molecule has 1 aromatic carbocycles. The fraction of sp³-hybridized carbons (Fsp3) is 0.450. The van der Waals surface area contributed by atoms with Gasteiger partial charge in [0, 0.05) is 4.47 Å². The summed E-state index contributed by atoms with van der Waals surface area (Å²) in [4.78, 5) is 32.1. The molecule has 27 heavy (non-hydrogen) atoms. The molecule has 2 heterocycles. The fourth-order valence-corrected chi connectivity index (χ4v) is 4.53. The molecule has 1 aromatic rings. The SMILES string of the molecule is CCC1SC2=NC(C)=C(C(=O)OCC(C)C)C(c3ccc(Br)cc3)N2C1=O. The number of carbonyl (C=O) groups is 2. The van der Waals surface area contributed by atoms with Gasteiger partial charge in [-0.3, -0.25) is 9.69 Å². The van der Waals surface area contributed by atoms with Crippen LogP contribution in [0.1, 0.15) is 45.7 Å². The maximum absolute atomic E-state index is 13.0. The van der Waals surface area contributed by atoms with Crippen LogP contribution in [-0.4, -0.2) is 33.8 Å². The quantitative estimate of drug-likeness (QED) is 0.610. The molecule has 0 spiro atoms. The first kappa shape index (κ1) is 20.1.